The molecular formula is C13H26N2O3. The minimum atomic E-state index is -0.519. The van der Waals surface area contributed by atoms with Crippen LogP contribution in [0.25, 0.3) is 0 Å². The van der Waals surface area contributed by atoms with Crippen molar-refractivity contribution in [1.29, 1.82) is 0 Å². The van der Waals surface area contributed by atoms with Gasteiger partial charge >= 0.3 is 5.97 Å². The first-order chi connectivity index (χ1) is 8.17. The Morgan fingerprint density at radius 2 is 1.89 bits per heavy atom. The van der Waals surface area contributed by atoms with E-state index in [9.17, 15) is 9.59 Å². The van der Waals surface area contributed by atoms with Crippen LogP contribution in [0.2, 0.25) is 0 Å². The monoisotopic (exact) mass is 258 g/mol. The van der Waals surface area contributed by atoms with Crippen molar-refractivity contribution in [2.24, 2.45) is 5.73 Å². The molecular weight excluding hydrogens is 232 g/mol. The molecule has 1 amide bonds. The number of esters is 1. The molecule has 0 fully saturated rings. The van der Waals surface area contributed by atoms with Crippen LogP contribution in [0.1, 0.15) is 47.5 Å². The maximum atomic E-state index is 11.9. The summed E-state index contributed by atoms with van der Waals surface area (Å²) in [5, 5.41) is 0. The van der Waals surface area contributed by atoms with Crippen molar-refractivity contribution in [3.8, 4) is 0 Å². The number of primary amides is 1. The van der Waals surface area contributed by atoms with Crippen LogP contribution in [-0.4, -0.2) is 41.5 Å². The lowest BCUT2D eigenvalue weighted by Gasteiger charge is -2.29. The number of carbonyl (C=O) groups excluding carboxylic acids is 2. The molecule has 0 heterocycles. The summed E-state index contributed by atoms with van der Waals surface area (Å²) in [4.78, 5) is 24.7. The fraction of sp³-hybridized carbons (Fsp3) is 0.846. The van der Waals surface area contributed by atoms with Crippen molar-refractivity contribution in [2.75, 3.05) is 13.1 Å². The molecule has 0 radical (unpaired) electrons. The van der Waals surface area contributed by atoms with E-state index in [4.69, 9.17) is 10.5 Å². The minimum Gasteiger partial charge on any atom is -0.459 e. The molecule has 18 heavy (non-hydrogen) atoms. The highest BCUT2D eigenvalue weighted by atomic mass is 16.6. The minimum absolute atomic E-state index is 0.0837. The van der Waals surface area contributed by atoms with Gasteiger partial charge in [0.25, 0.3) is 0 Å². The Bertz CT molecular complexity index is 284. The van der Waals surface area contributed by atoms with Gasteiger partial charge < -0.3 is 10.5 Å². The van der Waals surface area contributed by atoms with Gasteiger partial charge in [0.05, 0.1) is 6.54 Å². The largest absolute Gasteiger partial charge is 0.459 e. The SMILES string of the molecule is CCCCN(CC(N)=O)C(C)C(=O)OC(C)(C)C. The highest BCUT2D eigenvalue weighted by Gasteiger charge is 2.27. The number of hydrogen-bond donors (Lipinski definition) is 1. The van der Waals surface area contributed by atoms with Crippen molar-refractivity contribution in [2.45, 2.75) is 59.1 Å². The van der Waals surface area contributed by atoms with Crippen molar-refractivity contribution in [1.82, 2.24) is 4.90 Å². The van der Waals surface area contributed by atoms with Gasteiger partial charge in [-0.15, -0.1) is 0 Å². The summed E-state index contributed by atoms with van der Waals surface area (Å²) in [5.41, 5.74) is 4.68. The fourth-order valence-corrected chi connectivity index (χ4v) is 1.51. The van der Waals surface area contributed by atoms with Crippen molar-refractivity contribution in [3.63, 3.8) is 0 Å². The molecule has 0 saturated carbocycles. The summed E-state index contributed by atoms with van der Waals surface area (Å²) in [7, 11) is 0. The van der Waals surface area contributed by atoms with Crippen LogP contribution in [0, 0.1) is 0 Å². The zero-order chi connectivity index (χ0) is 14.3. The summed E-state index contributed by atoms with van der Waals surface area (Å²) in [6, 6.07) is -0.455. The molecule has 0 aromatic carbocycles. The lowest BCUT2D eigenvalue weighted by atomic mass is 10.2. The first-order valence-corrected chi connectivity index (χ1v) is 6.42. The van der Waals surface area contributed by atoms with Gasteiger partial charge in [-0.05, 0) is 40.7 Å². The number of ether oxygens (including phenoxy) is 1. The third-order valence-electron chi connectivity index (χ3n) is 2.45. The summed E-state index contributed by atoms with van der Waals surface area (Å²) in [5.74, 6) is -0.749. The molecule has 0 spiro atoms. The van der Waals surface area contributed by atoms with E-state index in [0.717, 1.165) is 12.8 Å². The maximum absolute atomic E-state index is 11.9. The predicted molar refractivity (Wildman–Crippen MR) is 71.0 cm³/mol. The molecule has 0 aromatic heterocycles. The first kappa shape index (κ1) is 16.9. The van der Waals surface area contributed by atoms with E-state index in [-0.39, 0.29) is 12.5 Å². The standard InChI is InChI=1S/C13H26N2O3/c1-6-7-8-15(9-11(14)16)10(2)12(17)18-13(3,4)5/h10H,6-9H2,1-5H3,(H2,14,16). The second kappa shape index (κ2) is 7.36. The summed E-state index contributed by atoms with van der Waals surface area (Å²) in [6.07, 6.45) is 1.91. The van der Waals surface area contributed by atoms with Crippen LogP contribution in [0.3, 0.4) is 0 Å². The Labute approximate surface area is 110 Å². The number of unbranched alkanes of at least 4 members (excludes halogenated alkanes) is 1. The molecule has 1 unspecified atom stereocenters. The van der Waals surface area contributed by atoms with Crippen molar-refractivity contribution < 1.29 is 14.3 Å². The third-order valence-corrected chi connectivity index (χ3v) is 2.45. The number of rotatable bonds is 7. The van der Waals surface area contributed by atoms with Gasteiger partial charge in [-0.3, -0.25) is 14.5 Å². The number of nitrogens with two attached hydrogens (primary N) is 1. The van der Waals surface area contributed by atoms with E-state index in [1.807, 2.05) is 20.8 Å². The average molecular weight is 258 g/mol. The maximum Gasteiger partial charge on any atom is 0.323 e. The number of nitrogens with zero attached hydrogens (tertiary/aromatic N) is 1. The molecule has 106 valence electrons. The van der Waals surface area contributed by atoms with Crippen LogP contribution in [-0.2, 0) is 14.3 Å². The van der Waals surface area contributed by atoms with Gasteiger partial charge in [-0.25, -0.2) is 0 Å². The smallest absolute Gasteiger partial charge is 0.323 e. The Morgan fingerprint density at radius 1 is 1.33 bits per heavy atom. The van der Waals surface area contributed by atoms with Crippen LogP contribution in [0.4, 0.5) is 0 Å². The molecule has 0 saturated heterocycles. The van der Waals surface area contributed by atoms with E-state index in [2.05, 4.69) is 6.92 Å². The molecule has 1 atom stereocenters. The van der Waals surface area contributed by atoms with E-state index in [1.54, 1.807) is 11.8 Å². The molecule has 0 aromatic rings. The van der Waals surface area contributed by atoms with Gasteiger partial charge in [0.15, 0.2) is 0 Å². The quantitative estimate of drug-likeness (QED) is 0.699. The highest BCUT2D eigenvalue weighted by molar-refractivity contribution is 5.79. The zero-order valence-corrected chi connectivity index (χ0v) is 12.2. The van der Waals surface area contributed by atoms with E-state index in [0.29, 0.717) is 6.54 Å². The Balaban J connectivity index is 4.56. The van der Waals surface area contributed by atoms with Gasteiger partial charge in [0.2, 0.25) is 5.91 Å². The van der Waals surface area contributed by atoms with Gasteiger partial charge in [-0.1, -0.05) is 13.3 Å². The summed E-state index contributed by atoms with van der Waals surface area (Å²) in [6.45, 7) is 10.0. The Hall–Kier alpha value is -1.10. The lowest BCUT2D eigenvalue weighted by Crippen LogP contribution is -2.46. The van der Waals surface area contributed by atoms with Gasteiger partial charge in [0.1, 0.15) is 11.6 Å². The molecule has 5 nitrogen and oxygen atoms in total. The number of hydrogen-bond acceptors (Lipinski definition) is 4. The topological polar surface area (TPSA) is 72.6 Å². The van der Waals surface area contributed by atoms with Crippen molar-refractivity contribution >= 4 is 11.9 Å². The third kappa shape index (κ3) is 7.27. The van der Waals surface area contributed by atoms with Gasteiger partial charge in [-0.2, -0.15) is 0 Å². The molecule has 0 aliphatic carbocycles. The summed E-state index contributed by atoms with van der Waals surface area (Å²) < 4.78 is 5.31. The van der Waals surface area contributed by atoms with Crippen LogP contribution in [0.15, 0.2) is 0 Å². The van der Waals surface area contributed by atoms with Crippen molar-refractivity contribution in [3.05, 3.63) is 0 Å². The predicted octanol–water partition coefficient (Wildman–Crippen LogP) is 1.30. The van der Waals surface area contributed by atoms with E-state index < -0.39 is 17.6 Å². The van der Waals surface area contributed by atoms with Crippen LogP contribution < -0.4 is 5.73 Å². The van der Waals surface area contributed by atoms with E-state index >= 15 is 0 Å². The number of amides is 1. The zero-order valence-electron chi connectivity index (χ0n) is 12.2. The molecule has 5 heteroatoms. The normalized spacial score (nSPS) is 13.4. The second-order valence-corrected chi connectivity index (χ2v) is 5.50. The molecule has 2 N–H and O–H groups in total. The number of carbonyl (C=O) groups is 2. The molecule has 0 aliphatic rings. The Morgan fingerprint density at radius 3 is 2.28 bits per heavy atom. The first-order valence-electron chi connectivity index (χ1n) is 6.42. The highest BCUT2D eigenvalue weighted by Crippen LogP contribution is 2.11. The molecule has 0 aliphatic heterocycles. The molecule has 0 rings (SSSR count). The van der Waals surface area contributed by atoms with Crippen LogP contribution in [0.5, 0.6) is 0 Å². The second-order valence-electron chi connectivity index (χ2n) is 5.50. The van der Waals surface area contributed by atoms with Crippen LogP contribution >= 0.6 is 0 Å². The van der Waals surface area contributed by atoms with E-state index in [1.165, 1.54) is 0 Å². The summed E-state index contributed by atoms with van der Waals surface area (Å²) >= 11 is 0. The fourth-order valence-electron chi connectivity index (χ4n) is 1.51. The Kier molecular flexibility index (Phi) is 6.91. The average Bonchev–Trinajstić information content (AvgIpc) is 2.20. The van der Waals surface area contributed by atoms with Gasteiger partial charge in [0, 0.05) is 0 Å². The molecule has 0 bridgehead atoms. The lowest BCUT2D eigenvalue weighted by molar-refractivity contribution is -0.160.